The van der Waals surface area contributed by atoms with Crippen molar-refractivity contribution in [3.05, 3.63) is 47.6 Å². The zero-order chi connectivity index (χ0) is 20.5. The summed E-state index contributed by atoms with van der Waals surface area (Å²) >= 11 is 0. The van der Waals surface area contributed by atoms with Gasteiger partial charge in [0, 0.05) is 0 Å². The minimum absolute atomic E-state index is 0.816. The van der Waals surface area contributed by atoms with Crippen LogP contribution in [0.3, 0.4) is 0 Å². The Kier molecular flexibility index (Phi) is 15.1. The summed E-state index contributed by atoms with van der Waals surface area (Å²) in [5.74, 6) is 1.68. The third kappa shape index (κ3) is 11.7. The van der Waals surface area contributed by atoms with E-state index in [0.717, 1.165) is 11.8 Å². The van der Waals surface area contributed by atoms with Crippen molar-refractivity contribution in [2.75, 3.05) is 0 Å². The quantitative estimate of drug-likeness (QED) is 0.274. The maximum atomic E-state index is 2.49. The first-order valence-corrected chi connectivity index (χ1v) is 12.4. The molecule has 0 heteroatoms. The van der Waals surface area contributed by atoms with E-state index in [0.29, 0.717) is 0 Å². The average molecular weight is 385 g/mol. The molecule has 2 rings (SSSR count). The van der Waals surface area contributed by atoms with Gasteiger partial charge in [0.2, 0.25) is 0 Å². The second-order valence-electron chi connectivity index (χ2n) is 8.77. The highest BCUT2D eigenvalue weighted by atomic mass is 14.2. The fraction of sp³-hybridized carbons (Fsp3) is 0.714. The molecule has 0 radical (unpaired) electrons. The summed E-state index contributed by atoms with van der Waals surface area (Å²) in [5, 5.41) is 0. The van der Waals surface area contributed by atoms with Crippen molar-refractivity contribution < 1.29 is 0 Å². The largest absolute Gasteiger partial charge is 0.0888 e. The van der Waals surface area contributed by atoms with Gasteiger partial charge in [-0.05, 0) is 95.3 Å². The van der Waals surface area contributed by atoms with Gasteiger partial charge < -0.3 is 0 Å². The third-order valence-electron chi connectivity index (χ3n) is 6.26. The first-order valence-electron chi connectivity index (χ1n) is 12.4. The number of hydrogen-bond acceptors (Lipinski definition) is 0. The zero-order valence-corrected chi connectivity index (χ0v) is 19.5. The molecule has 0 saturated heterocycles. The first-order chi connectivity index (χ1) is 13.7. The van der Waals surface area contributed by atoms with Gasteiger partial charge in [0.1, 0.15) is 0 Å². The molecule has 2 unspecified atom stereocenters. The molecule has 0 spiro atoms. The van der Waals surface area contributed by atoms with Crippen LogP contribution in [0, 0.1) is 11.8 Å². The van der Waals surface area contributed by atoms with Crippen molar-refractivity contribution in [1.82, 2.24) is 0 Å². The van der Waals surface area contributed by atoms with Crippen LogP contribution in [-0.4, -0.2) is 0 Å². The summed E-state index contributed by atoms with van der Waals surface area (Å²) < 4.78 is 0. The lowest BCUT2D eigenvalue weighted by atomic mass is 9.85. The minimum Gasteiger partial charge on any atom is -0.0888 e. The van der Waals surface area contributed by atoms with Gasteiger partial charge in [-0.1, -0.05) is 81.7 Å². The topological polar surface area (TPSA) is 0 Å². The Morgan fingerprint density at radius 3 is 2.25 bits per heavy atom. The minimum atomic E-state index is 0.816. The Balaban J connectivity index is 0.000000280. The molecule has 0 aromatic heterocycles. The Labute approximate surface area is 177 Å². The second-order valence-corrected chi connectivity index (χ2v) is 8.77. The molecule has 2 aliphatic carbocycles. The van der Waals surface area contributed by atoms with Crippen molar-refractivity contribution >= 4 is 0 Å². The van der Waals surface area contributed by atoms with Crippen LogP contribution in [0.25, 0.3) is 0 Å². The van der Waals surface area contributed by atoms with Crippen LogP contribution in [0.5, 0.6) is 0 Å². The Morgan fingerprint density at radius 2 is 1.61 bits per heavy atom. The number of unbranched alkanes of at least 4 members (excludes halogenated alkanes) is 1. The highest BCUT2D eigenvalue weighted by Gasteiger charge is 2.13. The summed E-state index contributed by atoms with van der Waals surface area (Å²) in [6, 6.07) is 0. The van der Waals surface area contributed by atoms with Gasteiger partial charge in [-0.15, -0.1) is 0 Å². The van der Waals surface area contributed by atoms with Gasteiger partial charge in [0.05, 0.1) is 0 Å². The van der Waals surface area contributed by atoms with Crippen molar-refractivity contribution in [2.45, 2.75) is 118 Å². The van der Waals surface area contributed by atoms with Crippen LogP contribution in [0.4, 0.5) is 0 Å². The Hall–Kier alpha value is -1.04. The molecule has 0 bridgehead atoms. The fourth-order valence-electron chi connectivity index (χ4n) is 4.29. The summed E-state index contributed by atoms with van der Waals surface area (Å²) in [6.07, 6.45) is 32.7. The third-order valence-corrected chi connectivity index (χ3v) is 6.26. The molecule has 0 aromatic carbocycles. The van der Waals surface area contributed by atoms with Gasteiger partial charge >= 0.3 is 0 Å². The highest BCUT2D eigenvalue weighted by Crippen LogP contribution is 2.29. The van der Waals surface area contributed by atoms with E-state index < -0.39 is 0 Å². The molecule has 0 amide bonds. The molecule has 0 N–H and O–H groups in total. The van der Waals surface area contributed by atoms with Gasteiger partial charge in [-0.2, -0.15) is 0 Å². The van der Waals surface area contributed by atoms with E-state index in [4.69, 9.17) is 0 Å². The summed E-state index contributed by atoms with van der Waals surface area (Å²) in [6.45, 7) is 9.16. The molecule has 0 nitrogen and oxygen atoms in total. The van der Waals surface area contributed by atoms with Gasteiger partial charge in [0.25, 0.3) is 0 Å². The molecule has 2 atom stereocenters. The van der Waals surface area contributed by atoms with Crippen LogP contribution >= 0.6 is 0 Å². The van der Waals surface area contributed by atoms with Crippen LogP contribution in [0.15, 0.2) is 47.6 Å². The molecule has 1 saturated carbocycles. The first kappa shape index (κ1) is 25.0. The molecular weight excluding hydrogens is 336 g/mol. The fourth-order valence-corrected chi connectivity index (χ4v) is 4.29. The number of allylic oxidation sites excluding steroid dienone is 8. The average Bonchev–Trinajstić information content (AvgIpc) is 2.73. The highest BCUT2D eigenvalue weighted by molar-refractivity contribution is 5.09. The maximum Gasteiger partial charge on any atom is -0.0229 e. The Bertz CT molecular complexity index is 488. The second kappa shape index (κ2) is 16.9. The van der Waals surface area contributed by atoms with E-state index >= 15 is 0 Å². The summed E-state index contributed by atoms with van der Waals surface area (Å²) in [5.41, 5.74) is 3.45. The van der Waals surface area contributed by atoms with Gasteiger partial charge in [-0.3, -0.25) is 0 Å². The van der Waals surface area contributed by atoms with Crippen molar-refractivity contribution in [2.24, 2.45) is 11.8 Å². The Morgan fingerprint density at radius 1 is 0.893 bits per heavy atom. The monoisotopic (exact) mass is 384 g/mol. The lowest BCUT2D eigenvalue weighted by Crippen LogP contribution is -2.05. The van der Waals surface area contributed by atoms with Crippen molar-refractivity contribution in [1.29, 1.82) is 0 Å². The smallest absolute Gasteiger partial charge is 0.0229 e. The van der Waals surface area contributed by atoms with E-state index in [1.807, 2.05) is 0 Å². The molecule has 0 heterocycles. The molecule has 160 valence electrons. The van der Waals surface area contributed by atoms with E-state index in [9.17, 15) is 0 Å². The van der Waals surface area contributed by atoms with Gasteiger partial charge in [0.15, 0.2) is 0 Å². The molecule has 0 aromatic rings. The standard InChI is InChI=1S/2C14H24/c1-3-4-5-7-10-13(2)14-11-8-6-9-12-14;1-3-4-5-6-7-11-14-12-9-8-10-13(14)2/h2*4-5,11,13H,3,6-10,12H2,1-2H3/b5-4+;5-4?,14-11-. The summed E-state index contributed by atoms with van der Waals surface area (Å²) in [7, 11) is 0. The normalized spacial score (nSPS) is 22.9. The van der Waals surface area contributed by atoms with E-state index in [1.54, 1.807) is 11.1 Å². The van der Waals surface area contributed by atoms with Crippen molar-refractivity contribution in [3.63, 3.8) is 0 Å². The SMILES string of the molecule is CC/C=C/CCC(C)C1=CCCCC1.CCC=CCC/C=C1/CCCCC1C. The zero-order valence-electron chi connectivity index (χ0n) is 19.5. The molecule has 1 fully saturated rings. The van der Waals surface area contributed by atoms with Crippen LogP contribution in [0.1, 0.15) is 118 Å². The van der Waals surface area contributed by atoms with E-state index in [2.05, 4.69) is 64.2 Å². The molecular formula is C28H48. The van der Waals surface area contributed by atoms with E-state index in [-0.39, 0.29) is 0 Å². The lowest BCUT2D eigenvalue weighted by molar-refractivity contribution is 0.481. The summed E-state index contributed by atoms with van der Waals surface area (Å²) in [4.78, 5) is 0. The molecule has 2 aliphatic rings. The maximum absolute atomic E-state index is 2.49. The van der Waals surface area contributed by atoms with Crippen LogP contribution < -0.4 is 0 Å². The number of rotatable bonds is 9. The molecule has 0 aliphatic heterocycles. The lowest BCUT2D eigenvalue weighted by Gasteiger charge is -2.21. The van der Waals surface area contributed by atoms with E-state index in [1.165, 1.54) is 89.9 Å². The number of hydrogen-bond donors (Lipinski definition) is 0. The molecule has 28 heavy (non-hydrogen) atoms. The predicted molar refractivity (Wildman–Crippen MR) is 129 cm³/mol. The van der Waals surface area contributed by atoms with Crippen LogP contribution in [-0.2, 0) is 0 Å². The van der Waals surface area contributed by atoms with Gasteiger partial charge in [-0.25, -0.2) is 0 Å². The predicted octanol–water partition coefficient (Wildman–Crippen LogP) is 9.74. The van der Waals surface area contributed by atoms with Crippen LogP contribution in [0.2, 0.25) is 0 Å². The van der Waals surface area contributed by atoms with Crippen molar-refractivity contribution in [3.8, 4) is 0 Å².